The summed E-state index contributed by atoms with van der Waals surface area (Å²) in [6.07, 6.45) is 13.7. The molecule has 0 N–H and O–H groups in total. The number of urea groups is 2. The number of nitrogens with zero attached hydrogens (tertiary/aromatic N) is 4. The van der Waals surface area contributed by atoms with Crippen molar-refractivity contribution in [1.82, 2.24) is 19.6 Å². The molecule has 0 saturated carbocycles. The zero-order valence-electron chi connectivity index (χ0n) is 27.8. The number of ether oxygens (including phenoxy) is 4. The van der Waals surface area contributed by atoms with Gasteiger partial charge in [-0.1, -0.05) is 92.4 Å². The van der Waals surface area contributed by atoms with Crippen LogP contribution in [-0.2, 0) is 18.9 Å². The Hall–Kier alpha value is -1.62. The first-order valence-electron chi connectivity index (χ1n) is 16.9. The third-order valence-electron chi connectivity index (χ3n) is 8.68. The smallest absolute Gasteiger partial charge is 0.327 e. The Bertz CT molecular complexity index is 717. The fourth-order valence-electron chi connectivity index (χ4n) is 6.20. The summed E-state index contributed by atoms with van der Waals surface area (Å²) < 4.78 is 24.5. The van der Waals surface area contributed by atoms with E-state index >= 15 is 0 Å². The molecule has 42 heavy (non-hydrogen) atoms. The van der Waals surface area contributed by atoms with Gasteiger partial charge < -0.3 is 18.9 Å². The van der Waals surface area contributed by atoms with Crippen molar-refractivity contribution in [2.24, 2.45) is 0 Å². The molecule has 2 aliphatic heterocycles. The molecule has 10 heteroatoms. The van der Waals surface area contributed by atoms with Gasteiger partial charge in [-0.3, -0.25) is 19.6 Å². The number of rotatable bonds is 26. The van der Waals surface area contributed by atoms with Gasteiger partial charge in [-0.25, -0.2) is 9.59 Å². The Morgan fingerprint density at radius 2 is 0.786 bits per heavy atom. The van der Waals surface area contributed by atoms with Gasteiger partial charge in [0.2, 0.25) is 0 Å². The molecule has 0 unspecified atom stereocenters. The zero-order valence-corrected chi connectivity index (χ0v) is 27.8. The van der Waals surface area contributed by atoms with E-state index in [9.17, 15) is 9.59 Å². The van der Waals surface area contributed by atoms with E-state index in [1.54, 1.807) is 19.6 Å². The Morgan fingerprint density at radius 1 is 0.476 bits per heavy atom. The number of carbonyl (C=O) groups is 2. The lowest BCUT2D eigenvalue weighted by molar-refractivity contribution is -0.138. The van der Waals surface area contributed by atoms with E-state index in [1.165, 1.54) is 0 Å². The number of carbonyl (C=O) groups excluding carboxylic acids is 2. The molecular formula is C32H62N4O6. The topological polar surface area (TPSA) is 84.0 Å². The first kappa shape index (κ1) is 36.6. The molecule has 0 atom stereocenters. The highest BCUT2D eigenvalue weighted by atomic mass is 16.5. The molecule has 4 amide bonds. The van der Waals surface area contributed by atoms with Gasteiger partial charge in [0.15, 0.2) is 11.3 Å². The Kier molecular flexibility index (Phi) is 17.1. The second-order valence-electron chi connectivity index (χ2n) is 11.8. The lowest BCUT2D eigenvalue weighted by Crippen LogP contribution is -2.67. The van der Waals surface area contributed by atoms with E-state index in [0.717, 1.165) is 83.5 Å². The number of fused-ring (bicyclic) bond motifs is 1. The summed E-state index contributed by atoms with van der Waals surface area (Å²) in [7, 11) is 0. The van der Waals surface area contributed by atoms with Crippen LogP contribution in [0.25, 0.3) is 0 Å². The van der Waals surface area contributed by atoms with Crippen LogP contribution in [0.2, 0.25) is 0 Å². The van der Waals surface area contributed by atoms with Crippen molar-refractivity contribution < 1.29 is 28.5 Å². The molecule has 0 spiro atoms. The van der Waals surface area contributed by atoms with E-state index in [2.05, 4.69) is 34.6 Å². The van der Waals surface area contributed by atoms with Gasteiger partial charge in [0.05, 0.1) is 0 Å². The molecule has 0 aromatic rings. The van der Waals surface area contributed by atoms with Crippen LogP contribution < -0.4 is 0 Å². The largest absolute Gasteiger partial charge is 0.361 e. The minimum atomic E-state index is -1.04. The molecule has 2 rings (SSSR count). The van der Waals surface area contributed by atoms with Crippen LogP contribution >= 0.6 is 0 Å². The van der Waals surface area contributed by atoms with E-state index in [0.29, 0.717) is 32.8 Å². The molecule has 10 nitrogen and oxygen atoms in total. The molecule has 0 aromatic heterocycles. The highest BCUT2D eigenvalue weighted by molar-refractivity contribution is 5.88. The van der Waals surface area contributed by atoms with Crippen molar-refractivity contribution in [3.8, 4) is 0 Å². The van der Waals surface area contributed by atoms with E-state index < -0.39 is 11.3 Å². The maximum absolute atomic E-state index is 14.3. The van der Waals surface area contributed by atoms with Crippen molar-refractivity contribution in [1.29, 1.82) is 0 Å². The van der Waals surface area contributed by atoms with Gasteiger partial charge in [-0.05, 0) is 39.0 Å². The first-order valence-corrected chi connectivity index (χ1v) is 16.9. The van der Waals surface area contributed by atoms with Crippen LogP contribution in [0, 0.1) is 0 Å². The zero-order chi connectivity index (χ0) is 30.8. The summed E-state index contributed by atoms with van der Waals surface area (Å²) >= 11 is 0. The van der Waals surface area contributed by atoms with Gasteiger partial charge in [0.25, 0.3) is 0 Å². The van der Waals surface area contributed by atoms with Crippen molar-refractivity contribution in [2.75, 3.05) is 53.4 Å². The molecule has 246 valence electrons. The third kappa shape index (κ3) is 8.51. The Labute approximate surface area is 256 Å². The second kappa shape index (κ2) is 19.6. The van der Waals surface area contributed by atoms with Crippen LogP contribution in [0.15, 0.2) is 0 Å². The van der Waals surface area contributed by atoms with Crippen LogP contribution in [0.5, 0.6) is 0 Å². The molecular weight excluding hydrogens is 536 g/mol. The molecule has 0 radical (unpaired) electrons. The minimum absolute atomic E-state index is 0.0989. The van der Waals surface area contributed by atoms with Gasteiger partial charge >= 0.3 is 12.1 Å². The third-order valence-corrected chi connectivity index (χ3v) is 8.68. The van der Waals surface area contributed by atoms with E-state index in [1.807, 2.05) is 6.92 Å². The molecule has 2 aliphatic rings. The number of amides is 4. The average Bonchev–Trinajstić information content (AvgIpc) is 3.26. The number of unbranched alkanes of at least 4 members (excludes halogenated alkanes) is 8. The molecule has 2 saturated heterocycles. The fraction of sp³-hybridized carbons (Fsp3) is 0.938. The SMILES string of the molecule is CCCCCOCN1C(=O)N(COCCCCC)C2(CCC)N(COCCCCC)C(=O)N(COCCCCC)C12C. The van der Waals surface area contributed by atoms with Crippen molar-refractivity contribution in [3.05, 3.63) is 0 Å². The predicted molar refractivity (Wildman–Crippen MR) is 166 cm³/mol. The Balaban J connectivity index is 2.46. The standard InChI is InChI=1S/C32H62N4O6/c1-7-12-16-21-39-25-33-29(37)35(27-41-23-18-14-9-3)32(20-11-5)31(33,6)34(26-40-22-17-13-8-2)30(38)36(32)28-42-24-19-15-10-4/h7-28H2,1-6H3. The molecule has 2 fully saturated rings. The quantitative estimate of drug-likeness (QED) is 0.0970. The molecule has 0 aromatic carbocycles. The molecule has 2 heterocycles. The van der Waals surface area contributed by atoms with Crippen molar-refractivity contribution in [2.45, 2.75) is 143 Å². The maximum atomic E-state index is 14.3. The van der Waals surface area contributed by atoms with E-state index in [-0.39, 0.29) is 39.0 Å². The van der Waals surface area contributed by atoms with Crippen LogP contribution in [0.4, 0.5) is 9.59 Å². The highest BCUT2D eigenvalue weighted by Crippen LogP contribution is 2.53. The lowest BCUT2D eigenvalue weighted by Gasteiger charge is -2.47. The average molecular weight is 599 g/mol. The monoisotopic (exact) mass is 598 g/mol. The fourth-order valence-corrected chi connectivity index (χ4v) is 6.20. The molecule has 0 bridgehead atoms. The predicted octanol–water partition coefficient (Wildman–Crippen LogP) is 7.33. The summed E-state index contributed by atoms with van der Waals surface area (Å²) in [5.74, 6) is 0. The van der Waals surface area contributed by atoms with Crippen LogP contribution in [0.3, 0.4) is 0 Å². The summed E-state index contributed by atoms with van der Waals surface area (Å²) in [4.78, 5) is 35.6. The Morgan fingerprint density at radius 3 is 1.07 bits per heavy atom. The summed E-state index contributed by atoms with van der Waals surface area (Å²) in [5, 5.41) is 0. The van der Waals surface area contributed by atoms with Crippen LogP contribution in [-0.4, -0.2) is 96.3 Å². The van der Waals surface area contributed by atoms with Gasteiger partial charge in [0, 0.05) is 26.4 Å². The summed E-state index contributed by atoms with van der Waals surface area (Å²) in [6, 6.07) is -0.368. The normalized spacial score (nSPS) is 22.2. The second-order valence-corrected chi connectivity index (χ2v) is 11.8. The molecule has 0 aliphatic carbocycles. The lowest BCUT2D eigenvalue weighted by atomic mass is 9.89. The summed E-state index contributed by atoms with van der Waals surface area (Å²) in [6.45, 7) is 15.4. The summed E-state index contributed by atoms with van der Waals surface area (Å²) in [5.41, 5.74) is -2.03. The van der Waals surface area contributed by atoms with Gasteiger partial charge in [-0.15, -0.1) is 0 Å². The number of hydrogen-bond donors (Lipinski definition) is 0. The van der Waals surface area contributed by atoms with Gasteiger partial charge in [-0.2, -0.15) is 0 Å². The maximum Gasteiger partial charge on any atom is 0.327 e. The minimum Gasteiger partial charge on any atom is -0.361 e. The van der Waals surface area contributed by atoms with E-state index in [4.69, 9.17) is 18.9 Å². The van der Waals surface area contributed by atoms with Gasteiger partial charge in [0.1, 0.15) is 26.9 Å². The van der Waals surface area contributed by atoms with Crippen molar-refractivity contribution in [3.63, 3.8) is 0 Å². The first-order chi connectivity index (χ1) is 20.4. The van der Waals surface area contributed by atoms with Crippen molar-refractivity contribution >= 4 is 12.1 Å². The highest BCUT2D eigenvalue weighted by Gasteiger charge is 2.76. The number of hydrogen-bond acceptors (Lipinski definition) is 6. The van der Waals surface area contributed by atoms with Crippen LogP contribution in [0.1, 0.15) is 131 Å².